The maximum Gasteiger partial charge on any atom is 0.257 e. The largest absolute Gasteiger partial charge is 0.379 e. The summed E-state index contributed by atoms with van der Waals surface area (Å²) >= 11 is 1.40. The third kappa shape index (κ3) is 4.89. The van der Waals surface area contributed by atoms with Crippen molar-refractivity contribution < 1.29 is 4.79 Å². The van der Waals surface area contributed by atoms with E-state index in [9.17, 15) is 10.1 Å². The van der Waals surface area contributed by atoms with Crippen molar-refractivity contribution in [3.8, 4) is 6.07 Å². The fourth-order valence-electron chi connectivity index (χ4n) is 3.49. The summed E-state index contributed by atoms with van der Waals surface area (Å²) in [6.45, 7) is 2.11. The number of hydrogen-bond donors (Lipinski definition) is 2. The number of rotatable bonds is 7. The summed E-state index contributed by atoms with van der Waals surface area (Å²) in [4.78, 5) is 17.6. The van der Waals surface area contributed by atoms with Gasteiger partial charge >= 0.3 is 0 Å². The molecule has 0 spiro atoms. The fraction of sp³-hybridized carbons (Fsp3) is 0.240. The Morgan fingerprint density at radius 3 is 2.42 bits per heavy atom. The van der Waals surface area contributed by atoms with E-state index in [4.69, 9.17) is 0 Å². The molecule has 1 heterocycles. The first kappa shape index (κ1) is 21.0. The van der Waals surface area contributed by atoms with E-state index < -0.39 is 0 Å². The number of anilines is 2. The number of benzene rings is 2. The molecule has 1 aliphatic rings. The third-order valence-electron chi connectivity index (χ3n) is 5.38. The van der Waals surface area contributed by atoms with Gasteiger partial charge in [0.05, 0.1) is 11.1 Å². The molecule has 0 bridgehead atoms. The number of carbonyl (C=O) groups is 1. The summed E-state index contributed by atoms with van der Waals surface area (Å²) in [5.41, 5.74) is 4.49. The Balaban J connectivity index is 1.49. The van der Waals surface area contributed by atoms with Gasteiger partial charge in [0.15, 0.2) is 0 Å². The summed E-state index contributed by atoms with van der Waals surface area (Å²) < 4.78 is 0. The number of nitrogens with one attached hydrogen (secondary N) is 2. The molecule has 0 radical (unpaired) electrons. The van der Waals surface area contributed by atoms with Crippen LogP contribution in [0.2, 0.25) is 0 Å². The number of amides is 1. The van der Waals surface area contributed by atoms with Gasteiger partial charge in [0.1, 0.15) is 11.1 Å². The maximum absolute atomic E-state index is 13.0. The number of pyridine rings is 1. The highest BCUT2D eigenvalue weighted by Crippen LogP contribution is 2.40. The Hall–Kier alpha value is -3.30. The van der Waals surface area contributed by atoms with Crippen molar-refractivity contribution in [1.82, 2.24) is 4.98 Å². The summed E-state index contributed by atoms with van der Waals surface area (Å²) in [7, 11) is 0. The quantitative estimate of drug-likeness (QED) is 0.453. The zero-order valence-electron chi connectivity index (χ0n) is 17.6. The van der Waals surface area contributed by atoms with Crippen LogP contribution in [0.4, 0.5) is 11.4 Å². The van der Waals surface area contributed by atoms with Crippen LogP contribution < -0.4 is 10.6 Å². The molecule has 1 aromatic heterocycles. The van der Waals surface area contributed by atoms with Crippen LogP contribution in [0.15, 0.2) is 65.7 Å². The molecule has 1 atom stereocenters. The van der Waals surface area contributed by atoms with E-state index in [0.717, 1.165) is 24.2 Å². The van der Waals surface area contributed by atoms with Gasteiger partial charge in [0.2, 0.25) is 0 Å². The van der Waals surface area contributed by atoms with Crippen LogP contribution in [-0.2, 0) is 0 Å². The molecule has 1 unspecified atom stereocenters. The first-order chi connectivity index (χ1) is 15.1. The lowest BCUT2D eigenvalue weighted by molar-refractivity contribution is 0.102. The highest BCUT2D eigenvalue weighted by Gasteiger charge is 2.28. The minimum Gasteiger partial charge on any atom is -0.379 e. The number of thioether (sulfide) groups is 1. The van der Waals surface area contributed by atoms with Crippen molar-refractivity contribution in [1.29, 1.82) is 5.26 Å². The molecule has 2 aromatic carbocycles. The molecule has 3 aromatic rings. The Bertz CT molecular complexity index is 1120. The van der Waals surface area contributed by atoms with Gasteiger partial charge in [0, 0.05) is 29.0 Å². The van der Waals surface area contributed by atoms with Crippen molar-refractivity contribution in [3.05, 3.63) is 83.0 Å². The molecular weight excluding hydrogens is 404 g/mol. The van der Waals surface area contributed by atoms with Crippen LogP contribution >= 0.6 is 11.8 Å². The lowest BCUT2D eigenvalue weighted by Gasteiger charge is -2.16. The van der Waals surface area contributed by atoms with Gasteiger partial charge in [-0.15, -0.1) is 11.8 Å². The summed E-state index contributed by atoms with van der Waals surface area (Å²) in [6, 6.07) is 22.0. The second-order valence-corrected chi connectivity index (χ2v) is 8.47. The van der Waals surface area contributed by atoms with Crippen LogP contribution in [0.3, 0.4) is 0 Å². The SMILES string of the molecule is CSc1nc(C2CC2)cc(C(=O)Nc2ccc(NC(C)c3ccccc3)cc2)c1C#N. The molecule has 5 nitrogen and oxygen atoms in total. The summed E-state index contributed by atoms with van der Waals surface area (Å²) in [6.07, 6.45) is 4.05. The maximum atomic E-state index is 13.0. The van der Waals surface area contributed by atoms with Crippen molar-refractivity contribution in [2.24, 2.45) is 0 Å². The second kappa shape index (κ2) is 9.23. The van der Waals surface area contributed by atoms with Gasteiger partial charge in [-0.1, -0.05) is 30.3 Å². The Morgan fingerprint density at radius 2 is 1.81 bits per heavy atom. The van der Waals surface area contributed by atoms with Gasteiger partial charge in [-0.05, 0) is 61.9 Å². The average Bonchev–Trinajstić information content (AvgIpc) is 3.65. The number of carbonyl (C=O) groups excluding carboxylic acids is 1. The van der Waals surface area contributed by atoms with Crippen molar-refractivity contribution in [3.63, 3.8) is 0 Å². The van der Waals surface area contributed by atoms with Gasteiger partial charge < -0.3 is 10.6 Å². The molecule has 0 saturated heterocycles. The Morgan fingerprint density at radius 1 is 1.13 bits per heavy atom. The first-order valence-corrected chi connectivity index (χ1v) is 11.5. The zero-order chi connectivity index (χ0) is 21.8. The number of nitriles is 1. The van der Waals surface area contributed by atoms with Gasteiger partial charge in [-0.25, -0.2) is 4.98 Å². The minimum absolute atomic E-state index is 0.169. The molecule has 1 saturated carbocycles. The van der Waals surface area contributed by atoms with E-state index in [1.165, 1.54) is 17.3 Å². The first-order valence-electron chi connectivity index (χ1n) is 10.3. The van der Waals surface area contributed by atoms with Crippen LogP contribution in [0.5, 0.6) is 0 Å². The van der Waals surface area contributed by atoms with Crippen LogP contribution in [0, 0.1) is 11.3 Å². The van der Waals surface area contributed by atoms with E-state index in [-0.39, 0.29) is 11.9 Å². The number of hydrogen-bond acceptors (Lipinski definition) is 5. The number of aromatic nitrogens is 1. The molecule has 6 heteroatoms. The summed E-state index contributed by atoms with van der Waals surface area (Å²) in [5, 5.41) is 16.6. The lowest BCUT2D eigenvalue weighted by Crippen LogP contribution is -2.15. The van der Waals surface area contributed by atoms with E-state index in [2.05, 4.69) is 40.7 Å². The molecular formula is C25H24N4OS. The second-order valence-electron chi connectivity index (χ2n) is 7.67. The smallest absolute Gasteiger partial charge is 0.257 e. The highest BCUT2D eigenvalue weighted by molar-refractivity contribution is 7.98. The normalized spacial score (nSPS) is 13.8. The predicted molar refractivity (Wildman–Crippen MR) is 126 cm³/mol. The zero-order valence-corrected chi connectivity index (χ0v) is 18.4. The molecule has 0 aliphatic heterocycles. The average molecular weight is 429 g/mol. The van der Waals surface area contributed by atoms with E-state index in [1.807, 2.05) is 48.7 Å². The molecule has 2 N–H and O–H groups in total. The molecule has 1 fully saturated rings. The van der Waals surface area contributed by atoms with Crippen molar-refractivity contribution in [2.45, 2.75) is 36.8 Å². The lowest BCUT2D eigenvalue weighted by atomic mass is 10.1. The highest BCUT2D eigenvalue weighted by atomic mass is 32.2. The van der Waals surface area contributed by atoms with Crippen LogP contribution in [0.25, 0.3) is 0 Å². The standard InChI is InChI=1S/C25H24N4OS/c1-16(17-6-4-3-5-7-17)27-19-10-12-20(13-11-19)28-24(30)21-14-23(18-8-9-18)29-25(31-2)22(21)15-26/h3-7,10-14,16,18,27H,8-9H2,1-2H3,(H,28,30). The van der Waals surface area contributed by atoms with E-state index in [1.54, 1.807) is 6.07 Å². The van der Waals surface area contributed by atoms with Crippen molar-refractivity contribution >= 4 is 29.0 Å². The van der Waals surface area contributed by atoms with E-state index >= 15 is 0 Å². The fourth-order valence-corrected chi connectivity index (χ4v) is 4.04. The summed E-state index contributed by atoms with van der Waals surface area (Å²) in [5.74, 6) is 0.122. The topological polar surface area (TPSA) is 77.8 Å². The molecule has 31 heavy (non-hydrogen) atoms. The predicted octanol–water partition coefficient (Wildman–Crippen LogP) is 5.98. The minimum atomic E-state index is -0.283. The molecule has 4 rings (SSSR count). The van der Waals surface area contributed by atoms with Crippen molar-refractivity contribution in [2.75, 3.05) is 16.9 Å². The van der Waals surface area contributed by atoms with Crippen LogP contribution in [-0.4, -0.2) is 17.1 Å². The van der Waals surface area contributed by atoms with Crippen LogP contribution in [0.1, 0.15) is 58.9 Å². The molecule has 1 aliphatic carbocycles. The Kier molecular flexibility index (Phi) is 6.24. The molecule has 1 amide bonds. The van der Waals surface area contributed by atoms with E-state index in [0.29, 0.717) is 27.8 Å². The van der Waals surface area contributed by atoms with Gasteiger partial charge in [-0.3, -0.25) is 4.79 Å². The van der Waals surface area contributed by atoms with Gasteiger partial charge in [-0.2, -0.15) is 5.26 Å². The number of nitrogens with zero attached hydrogens (tertiary/aromatic N) is 2. The monoisotopic (exact) mass is 428 g/mol. The van der Waals surface area contributed by atoms with Gasteiger partial charge in [0.25, 0.3) is 5.91 Å². The molecule has 156 valence electrons. The Labute approximate surface area is 186 Å². The third-order valence-corrected chi connectivity index (χ3v) is 6.06.